The van der Waals surface area contributed by atoms with Crippen molar-refractivity contribution >= 4 is 23.5 Å². The van der Waals surface area contributed by atoms with Gasteiger partial charge in [0, 0.05) is 11.1 Å². The van der Waals surface area contributed by atoms with Gasteiger partial charge in [-0.15, -0.1) is 0 Å². The number of carboxylic acids is 1. The first-order chi connectivity index (χ1) is 9.45. The summed E-state index contributed by atoms with van der Waals surface area (Å²) in [5.41, 5.74) is 0.882. The summed E-state index contributed by atoms with van der Waals surface area (Å²) in [6, 6.07) is 5.12. The van der Waals surface area contributed by atoms with Crippen LogP contribution in [0.5, 0.6) is 5.75 Å². The molecule has 0 atom stereocenters. The summed E-state index contributed by atoms with van der Waals surface area (Å²) in [5, 5.41) is 12.1. The van der Waals surface area contributed by atoms with Crippen LogP contribution in [0.4, 0.5) is 0 Å². The first-order valence-electron chi connectivity index (χ1n) is 6.37. The van der Waals surface area contributed by atoms with E-state index in [1.54, 1.807) is 18.2 Å². The Morgan fingerprint density at radius 1 is 1.45 bits per heavy atom. The van der Waals surface area contributed by atoms with Crippen molar-refractivity contribution in [2.75, 3.05) is 6.61 Å². The lowest BCUT2D eigenvalue weighted by Crippen LogP contribution is -2.48. The second-order valence-corrected chi connectivity index (χ2v) is 5.38. The Hall–Kier alpha value is -1.75. The molecule has 5 nitrogen and oxygen atoms in total. The summed E-state index contributed by atoms with van der Waals surface area (Å²) in [6.45, 7) is 1.77. The number of rotatable bonds is 5. The summed E-state index contributed by atoms with van der Waals surface area (Å²) in [7, 11) is 0. The number of hydrogen-bond donors (Lipinski definition) is 2. The highest BCUT2D eigenvalue weighted by Crippen LogP contribution is 2.27. The van der Waals surface area contributed by atoms with Crippen molar-refractivity contribution in [1.82, 2.24) is 5.32 Å². The van der Waals surface area contributed by atoms with E-state index in [9.17, 15) is 9.59 Å². The van der Waals surface area contributed by atoms with Crippen LogP contribution in [0, 0.1) is 12.8 Å². The molecule has 0 radical (unpaired) electrons. The van der Waals surface area contributed by atoms with Gasteiger partial charge in [0.25, 0.3) is 5.91 Å². The largest absolute Gasteiger partial charge is 0.484 e. The average Bonchev–Trinajstić information content (AvgIpc) is 2.34. The molecule has 0 spiro atoms. The topological polar surface area (TPSA) is 75.6 Å². The fraction of sp³-hybridized carbons (Fsp3) is 0.429. The Morgan fingerprint density at radius 2 is 2.15 bits per heavy atom. The predicted molar refractivity (Wildman–Crippen MR) is 74.0 cm³/mol. The number of benzene rings is 1. The van der Waals surface area contributed by atoms with E-state index < -0.39 is 5.97 Å². The molecule has 1 fully saturated rings. The van der Waals surface area contributed by atoms with Crippen molar-refractivity contribution in [3.63, 3.8) is 0 Å². The van der Waals surface area contributed by atoms with Crippen molar-refractivity contribution in [3.05, 3.63) is 28.8 Å². The highest BCUT2D eigenvalue weighted by atomic mass is 35.5. The van der Waals surface area contributed by atoms with Crippen LogP contribution in [0.2, 0.25) is 5.02 Å². The number of halogens is 1. The second kappa shape index (κ2) is 6.13. The maximum atomic E-state index is 11.6. The van der Waals surface area contributed by atoms with Gasteiger partial charge in [-0.05, 0) is 43.5 Å². The lowest BCUT2D eigenvalue weighted by atomic mass is 9.80. The molecule has 0 heterocycles. The monoisotopic (exact) mass is 297 g/mol. The van der Waals surface area contributed by atoms with E-state index >= 15 is 0 Å². The number of ether oxygens (including phenoxy) is 1. The van der Waals surface area contributed by atoms with Crippen molar-refractivity contribution in [2.45, 2.75) is 25.8 Å². The van der Waals surface area contributed by atoms with Gasteiger partial charge in [0.15, 0.2) is 6.61 Å². The van der Waals surface area contributed by atoms with Gasteiger partial charge in [0.1, 0.15) is 5.75 Å². The Labute approximate surface area is 121 Å². The Balaban J connectivity index is 1.73. The molecule has 108 valence electrons. The number of hydrogen-bond acceptors (Lipinski definition) is 3. The van der Waals surface area contributed by atoms with Gasteiger partial charge in [-0.1, -0.05) is 11.6 Å². The first kappa shape index (κ1) is 14.7. The number of nitrogens with one attached hydrogen (secondary N) is 1. The van der Waals surface area contributed by atoms with Crippen LogP contribution in [0.1, 0.15) is 18.4 Å². The molecule has 1 aromatic carbocycles. The highest BCUT2D eigenvalue weighted by Gasteiger charge is 2.35. The van der Waals surface area contributed by atoms with Gasteiger partial charge in [-0.3, -0.25) is 9.59 Å². The van der Waals surface area contributed by atoms with Gasteiger partial charge in [0.2, 0.25) is 0 Å². The molecule has 1 aliphatic carbocycles. The molecule has 0 saturated heterocycles. The summed E-state index contributed by atoms with van der Waals surface area (Å²) < 4.78 is 5.36. The maximum Gasteiger partial charge on any atom is 0.306 e. The second-order valence-electron chi connectivity index (χ2n) is 4.97. The molecule has 2 rings (SSSR count). The van der Waals surface area contributed by atoms with Crippen molar-refractivity contribution in [3.8, 4) is 5.75 Å². The van der Waals surface area contributed by atoms with Crippen LogP contribution in [-0.2, 0) is 9.59 Å². The highest BCUT2D eigenvalue weighted by molar-refractivity contribution is 6.31. The zero-order valence-corrected chi connectivity index (χ0v) is 11.8. The van der Waals surface area contributed by atoms with E-state index in [1.165, 1.54) is 0 Å². The molecule has 1 aliphatic rings. The van der Waals surface area contributed by atoms with Gasteiger partial charge < -0.3 is 15.2 Å². The van der Waals surface area contributed by atoms with Crippen LogP contribution in [0.3, 0.4) is 0 Å². The fourth-order valence-corrected chi connectivity index (χ4v) is 2.18. The predicted octanol–water partition coefficient (Wildman–Crippen LogP) is 2.01. The summed E-state index contributed by atoms with van der Waals surface area (Å²) in [5.74, 6) is -0.797. The molecule has 0 aliphatic heterocycles. The number of carboxylic acid groups (broad SMARTS) is 1. The fourth-order valence-electron chi connectivity index (χ4n) is 2.06. The number of carbonyl (C=O) groups excluding carboxylic acids is 1. The molecule has 1 aromatic rings. The van der Waals surface area contributed by atoms with Crippen LogP contribution in [0.15, 0.2) is 18.2 Å². The van der Waals surface area contributed by atoms with E-state index in [1.807, 2.05) is 6.92 Å². The normalized spacial score (nSPS) is 20.9. The van der Waals surface area contributed by atoms with Crippen LogP contribution in [-0.4, -0.2) is 29.6 Å². The average molecular weight is 298 g/mol. The van der Waals surface area contributed by atoms with E-state index in [0.717, 1.165) is 5.56 Å². The zero-order chi connectivity index (χ0) is 14.7. The van der Waals surface area contributed by atoms with Crippen LogP contribution < -0.4 is 10.1 Å². The molecular formula is C14H16ClNO4. The van der Waals surface area contributed by atoms with Gasteiger partial charge in [0.05, 0.1) is 5.92 Å². The lowest BCUT2D eigenvalue weighted by molar-refractivity contribution is -0.146. The molecule has 0 bridgehead atoms. The van der Waals surface area contributed by atoms with Crippen molar-refractivity contribution < 1.29 is 19.4 Å². The minimum Gasteiger partial charge on any atom is -0.484 e. The minimum absolute atomic E-state index is 0.0563. The first-order valence-corrected chi connectivity index (χ1v) is 6.74. The van der Waals surface area contributed by atoms with Crippen LogP contribution >= 0.6 is 11.6 Å². The Bertz CT molecular complexity index is 526. The van der Waals surface area contributed by atoms with E-state index in [0.29, 0.717) is 23.6 Å². The Kier molecular flexibility index (Phi) is 4.49. The Morgan fingerprint density at radius 3 is 2.75 bits per heavy atom. The molecule has 0 aromatic heterocycles. The van der Waals surface area contributed by atoms with Crippen LogP contribution in [0.25, 0.3) is 0 Å². The van der Waals surface area contributed by atoms with E-state index in [-0.39, 0.29) is 24.5 Å². The summed E-state index contributed by atoms with van der Waals surface area (Å²) in [6.07, 6.45) is 0.974. The maximum absolute atomic E-state index is 11.6. The molecule has 1 amide bonds. The molecule has 20 heavy (non-hydrogen) atoms. The van der Waals surface area contributed by atoms with E-state index in [4.69, 9.17) is 21.4 Å². The smallest absolute Gasteiger partial charge is 0.306 e. The molecule has 2 N–H and O–H groups in total. The number of amides is 1. The minimum atomic E-state index is -0.802. The van der Waals surface area contributed by atoms with Gasteiger partial charge in [-0.2, -0.15) is 0 Å². The quantitative estimate of drug-likeness (QED) is 0.871. The molecule has 1 saturated carbocycles. The SMILES string of the molecule is Cc1cc(OCC(=O)NC2CC(C(=O)O)C2)ccc1Cl. The van der Waals surface area contributed by atoms with Crippen molar-refractivity contribution in [2.24, 2.45) is 5.92 Å². The molecule has 0 unspecified atom stereocenters. The van der Waals surface area contributed by atoms with Crippen molar-refractivity contribution in [1.29, 1.82) is 0 Å². The molecular weight excluding hydrogens is 282 g/mol. The number of aryl methyl sites for hydroxylation is 1. The van der Waals surface area contributed by atoms with E-state index in [2.05, 4.69) is 5.32 Å². The lowest BCUT2D eigenvalue weighted by Gasteiger charge is -2.32. The number of carbonyl (C=O) groups is 2. The van der Waals surface area contributed by atoms with Gasteiger partial charge >= 0.3 is 5.97 Å². The third-order valence-electron chi connectivity index (χ3n) is 3.35. The summed E-state index contributed by atoms with van der Waals surface area (Å²) >= 11 is 5.90. The molecule has 6 heteroatoms. The van der Waals surface area contributed by atoms with Gasteiger partial charge in [-0.25, -0.2) is 0 Å². The third kappa shape index (κ3) is 3.63. The third-order valence-corrected chi connectivity index (χ3v) is 3.78. The summed E-state index contributed by atoms with van der Waals surface area (Å²) in [4.78, 5) is 22.3. The standard InChI is InChI=1S/C14H16ClNO4/c1-8-4-11(2-3-12(8)15)20-7-13(17)16-10-5-9(6-10)14(18)19/h2-4,9-10H,5-7H2,1H3,(H,16,17)(H,18,19). The zero-order valence-electron chi connectivity index (χ0n) is 11.1. The number of aliphatic carboxylic acids is 1.